The number of aromatic nitrogens is 1. The Morgan fingerprint density at radius 2 is 1.82 bits per heavy atom. The lowest BCUT2D eigenvalue weighted by atomic mass is 10.3. The third-order valence-electron chi connectivity index (χ3n) is 1.73. The number of aliphatic hydroxyl groups excluding tert-OH is 1. The largest absolute Gasteiger partial charge is 0.433 e. The molecule has 0 aliphatic rings. The Kier molecular flexibility index (Phi) is 6.12. The summed E-state index contributed by atoms with van der Waals surface area (Å²) in [6, 6.07) is 3.67. The summed E-state index contributed by atoms with van der Waals surface area (Å²) in [6.45, 7) is 1.11. The Balaban J connectivity index is 0.000000325. The first-order valence-corrected chi connectivity index (χ1v) is 5.06. The van der Waals surface area contributed by atoms with Crippen LogP contribution in [0.2, 0.25) is 0 Å². The van der Waals surface area contributed by atoms with Gasteiger partial charge in [-0.05, 0) is 12.1 Å². The van der Waals surface area contributed by atoms with Gasteiger partial charge >= 0.3 is 6.18 Å². The van der Waals surface area contributed by atoms with Gasteiger partial charge in [0.05, 0.1) is 27.7 Å². The van der Waals surface area contributed by atoms with Crippen LogP contribution < -0.4 is 0 Å². The lowest BCUT2D eigenvalue weighted by molar-refractivity contribution is -0.870. The lowest BCUT2D eigenvalue weighted by Crippen LogP contribution is -2.36. The summed E-state index contributed by atoms with van der Waals surface area (Å²) in [5.41, 5.74) is -0.852. The highest BCUT2D eigenvalue weighted by Gasteiger charge is 2.31. The number of halogens is 3. The lowest BCUT2D eigenvalue weighted by Gasteiger charge is -2.21. The molecule has 0 aliphatic heterocycles. The van der Waals surface area contributed by atoms with Gasteiger partial charge in [-0.15, -0.1) is 0 Å². The van der Waals surface area contributed by atoms with Crippen LogP contribution >= 0.6 is 0 Å². The van der Waals surface area contributed by atoms with Gasteiger partial charge in [0.1, 0.15) is 12.2 Å². The van der Waals surface area contributed by atoms with Gasteiger partial charge in [0.2, 0.25) is 0 Å². The van der Waals surface area contributed by atoms with Crippen LogP contribution in [0, 0.1) is 0 Å². The van der Waals surface area contributed by atoms with Crippen LogP contribution in [0.3, 0.4) is 0 Å². The Labute approximate surface area is 99.1 Å². The highest BCUT2D eigenvalue weighted by molar-refractivity contribution is 5.06. The number of pyridine rings is 1. The van der Waals surface area contributed by atoms with E-state index < -0.39 is 11.9 Å². The molecule has 1 aromatic rings. The Hall–Kier alpha value is -1.14. The van der Waals surface area contributed by atoms with Gasteiger partial charge in [-0.3, -0.25) is 4.98 Å². The van der Waals surface area contributed by atoms with Gasteiger partial charge in [-0.1, -0.05) is 6.07 Å². The first-order valence-electron chi connectivity index (χ1n) is 5.06. The molecule has 1 heterocycles. The number of rotatable bonds is 2. The first-order chi connectivity index (χ1) is 7.67. The highest BCUT2D eigenvalue weighted by atomic mass is 19.4. The van der Waals surface area contributed by atoms with Crippen molar-refractivity contribution in [1.82, 2.24) is 4.98 Å². The van der Waals surface area contributed by atoms with E-state index in [2.05, 4.69) is 26.1 Å². The minimum Gasteiger partial charge on any atom is -0.391 e. The van der Waals surface area contributed by atoms with Crippen molar-refractivity contribution in [2.45, 2.75) is 6.18 Å². The molecule has 1 rings (SSSR count). The van der Waals surface area contributed by atoms with E-state index in [-0.39, 0.29) is 6.61 Å². The normalized spacial score (nSPS) is 11.7. The van der Waals surface area contributed by atoms with Crippen LogP contribution in [0.4, 0.5) is 13.2 Å². The smallest absolute Gasteiger partial charge is 0.391 e. The Morgan fingerprint density at radius 3 is 2.00 bits per heavy atom. The van der Waals surface area contributed by atoms with Crippen molar-refractivity contribution < 1.29 is 22.8 Å². The molecule has 1 N–H and O–H groups in total. The maximum absolute atomic E-state index is 11.7. The van der Waals surface area contributed by atoms with Crippen LogP contribution in [0.15, 0.2) is 24.4 Å². The molecule has 98 valence electrons. The summed E-state index contributed by atoms with van der Waals surface area (Å²) in [5, 5.41) is 8.39. The zero-order valence-corrected chi connectivity index (χ0v) is 10.2. The number of likely N-dealkylation sites (N-methyl/N-ethyl adjacent to an activating group) is 1. The summed E-state index contributed by atoms with van der Waals surface area (Å²) in [7, 11) is 6.16. The number of alkyl halides is 3. The van der Waals surface area contributed by atoms with Crippen molar-refractivity contribution in [3.63, 3.8) is 0 Å². The van der Waals surface area contributed by atoms with E-state index in [0.717, 1.165) is 23.3 Å². The van der Waals surface area contributed by atoms with Crippen LogP contribution in [-0.4, -0.2) is 48.9 Å². The van der Waals surface area contributed by atoms with Crippen molar-refractivity contribution in [1.29, 1.82) is 0 Å². The fourth-order valence-electron chi connectivity index (χ4n) is 0.830. The number of hydrogen-bond donors (Lipinski definition) is 1. The molecule has 3 nitrogen and oxygen atoms in total. The number of hydrogen-bond acceptors (Lipinski definition) is 2. The van der Waals surface area contributed by atoms with E-state index in [4.69, 9.17) is 5.11 Å². The van der Waals surface area contributed by atoms with Crippen molar-refractivity contribution in [3.8, 4) is 0 Å². The van der Waals surface area contributed by atoms with Crippen molar-refractivity contribution in [2.24, 2.45) is 0 Å². The zero-order valence-electron chi connectivity index (χ0n) is 10.2. The van der Waals surface area contributed by atoms with E-state index >= 15 is 0 Å². The number of aliphatic hydroxyl groups is 1. The van der Waals surface area contributed by atoms with Gasteiger partial charge in [-0.25, -0.2) is 0 Å². The maximum Gasteiger partial charge on any atom is 0.433 e. The molecule has 0 fully saturated rings. The van der Waals surface area contributed by atoms with Gasteiger partial charge in [0.15, 0.2) is 0 Å². The molecular weight excluding hydrogens is 233 g/mol. The van der Waals surface area contributed by atoms with Crippen LogP contribution in [0.1, 0.15) is 5.69 Å². The topological polar surface area (TPSA) is 33.1 Å². The number of quaternary nitrogens is 1. The predicted molar refractivity (Wildman–Crippen MR) is 59.2 cm³/mol. The zero-order chi connectivity index (χ0) is 13.5. The quantitative estimate of drug-likeness (QED) is 0.813. The van der Waals surface area contributed by atoms with Gasteiger partial charge in [0, 0.05) is 6.20 Å². The molecule has 0 unspecified atom stereocenters. The SMILES string of the molecule is C[N+](C)(C)CCO.FC(F)(F)c1ccccn1. The molecule has 0 spiro atoms. The fraction of sp³-hybridized carbons (Fsp3) is 0.545. The average Bonchev–Trinajstić information content (AvgIpc) is 2.17. The second-order valence-electron chi connectivity index (χ2n) is 4.45. The molecular formula is C11H18F3N2O+. The molecule has 0 bridgehead atoms. The molecule has 0 saturated heterocycles. The molecule has 17 heavy (non-hydrogen) atoms. The molecule has 0 aliphatic carbocycles. The van der Waals surface area contributed by atoms with Crippen LogP contribution in [0.25, 0.3) is 0 Å². The summed E-state index contributed by atoms with van der Waals surface area (Å²) in [6.07, 6.45) is -3.20. The van der Waals surface area contributed by atoms with Gasteiger partial charge in [0.25, 0.3) is 0 Å². The third kappa shape index (κ3) is 8.65. The average molecular weight is 251 g/mol. The molecule has 6 heteroatoms. The molecule has 0 atom stereocenters. The molecule has 0 amide bonds. The fourth-order valence-corrected chi connectivity index (χ4v) is 0.830. The van der Waals surface area contributed by atoms with Gasteiger partial charge < -0.3 is 9.59 Å². The molecule has 1 aromatic heterocycles. The first kappa shape index (κ1) is 15.9. The Morgan fingerprint density at radius 1 is 1.24 bits per heavy atom. The van der Waals surface area contributed by atoms with Crippen molar-refractivity contribution in [3.05, 3.63) is 30.1 Å². The van der Waals surface area contributed by atoms with Crippen LogP contribution in [-0.2, 0) is 6.18 Å². The van der Waals surface area contributed by atoms with Crippen molar-refractivity contribution in [2.75, 3.05) is 34.3 Å². The molecule has 0 aromatic carbocycles. The standard InChI is InChI=1S/C6H4F3N.C5H14NO/c7-6(8,9)5-3-1-2-4-10-5;1-6(2,3)4-5-7/h1-4H;7H,4-5H2,1-3H3/q;+1. The Bertz CT molecular complexity index is 307. The van der Waals surface area contributed by atoms with E-state index in [1.54, 1.807) is 0 Å². The van der Waals surface area contributed by atoms with E-state index in [1.807, 2.05) is 0 Å². The predicted octanol–water partition coefficient (Wildman–Crippen LogP) is 1.79. The minimum atomic E-state index is -4.32. The second kappa shape index (κ2) is 6.56. The number of nitrogens with zero attached hydrogens (tertiary/aromatic N) is 2. The van der Waals surface area contributed by atoms with E-state index in [9.17, 15) is 13.2 Å². The van der Waals surface area contributed by atoms with Gasteiger partial charge in [-0.2, -0.15) is 13.2 Å². The summed E-state index contributed by atoms with van der Waals surface area (Å²) < 4.78 is 36.0. The summed E-state index contributed by atoms with van der Waals surface area (Å²) >= 11 is 0. The molecule has 0 radical (unpaired) electrons. The minimum absolute atomic E-state index is 0.281. The molecule has 0 saturated carbocycles. The second-order valence-corrected chi connectivity index (χ2v) is 4.45. The summed E-state index contributed by atoms with van der Waals surface area (Å²) in [4.78, 5) is 3.12. The summed E-state index contributed by atoms with van der Waals surface area (Å²) in [5.74, 6) is 0. The monoisotopic (exact) mass is 251 g/mol. The highest BCUT2D eigenvalue weighted by Crippen LogP contribution is 2.26. The van der Waals surface area contributed by atoms with E-state index in [1.165, 1.54) is 12.1 Å². The van der Waals surface area contributed by atoms with Crippen LogP contribution in [0.5, 0.6) is 0 Å². The van der Waals surface area contributed by atoms with E-state index in [0.29, 0.717) is 0 Å². The third-order valence-corrected chi connectivity index (χ3v) is 1.73. The van der Waals surface area contributed by atoms with Crippen molar-refractivity contribution >= 4 is 0 Å². The maximum atomic E-state index is 11.7.